The molecule has 1 heterocycles. The zero-order chi connectivity index (χ0) is 26.9. The molecule has 0 bridgehead atoms. The van der Waals surface area contributed by atoms with Gasteiger partial charge in [-0.05, 0) is 61.4 Å². The van der Waals surface area contributed by atoms with E-state index in [1.165, 1.54) is 11.3 Å². The minimum absolute atomic E-state index is 0.136. The maximum absolute atomic E-state index is 13.1. The normalized spacial score (nSPS) is 12.2. The Labute approximate surface area is 220 Å². The fourth-order valence-corrected chi connectivity index (χ4v) is 4.14. The largest absolute Gasteiger partial charge is 0.462 e. The average molecular weight is 525 g/mol. The fourth-order valence-electron chi connectivity index (χ4n) is 3.39. The first-order valence-corrected chi connectivity index (χ1v) is 12.8. The molecule has 0 saturated carbocycles. The summed E-state index contributed by atoms with van der Waals surface area (Å²) in [5.74, 6) is -0.951. The zero-order valence-electron chi connectivity index (χ0n) is 21.6. The van der Waals surface area contributed by atoms with E-state index in [0.29, 0.717) is 27.8 Å². The molecule has 2 unspecified atom stereocenters. The van der Waals surface area contributed by atoms with Gasteiger partial charge in [0.15, 0.2) is 0 Å². The number of carbonyl (C=O) groups excluding carboxylic acids is 3. The van der Waals surface area contributed by atoms with Gasteiger partial charge in [0.25, 0.3) is 0 Å². The molecule has 0 radical (unpaired) electrons. The molecule has 0 aliphatic heterocycles. The van der Waals surface area contributed by atoms with Gasteiger partial charge in [-0.3, -0.25) is 10.1 Å². The van der Waals surface area contributed by atoms with Gasteiger partial charge in [-0.2, -0.15) is 0 Å². The SMILES string of the molecule is CCOC(=O)c1ccc(NC(=O)NC(C(=O)Nc2nnc(-c3ccc(N(C)C)cc3)s2)C(C)CC)cc1. The second-order valence-electron chi connectivity index (χ2n) is 8.60. The van der Waals surface area contributed by atoms with Crippen LogP contribution in [0.5, 0.6) is 0 Å². The minimum Gasteiger partial charge on any atom is -0.462 e. The molecule has 2 atom stereocenters. The molecule has 196 valence electrons. The maximum Gasteiger partial charge on any atom is 0.338 e. The van der Waals surface area contributed by atoms with Gasteiger partial charge in [0.2, 0.25) is 11.0 Å². The Morgan fingerprint density at radius 2 is 1.65 bits per heavy atom. The second kappa shape index (κ2) is 12.8. The van der Waals surface area contributed by atoms with Crippen molar-refractivity contribution in [1.29, 1.82) is 0 Å². The summed E-state index contributed by atoms with van der Waals surface area (Å²) in [6.45, 7) is 5.84. The van der Waals surface area contributed by atoms with Crippen LogP contribution in [0.1, 0.15) is 37.6 Å². The molecule has 3 aromatic rings. The molecule has 0 aliphatic carbocycles. The number of benzene rings is 2. The van der Waals surface area contributed by atoms with Gasteiger partial charge in [-0.1, -0.05) is 31.6 Å². The molecule has 10 nitrogen and oxygen atoms in total. The van der Waals surface area contributed by atoms with Crippen molar-refractivity contribution in [3.8, 4) is 10.6 Å². The van der Waals surface area contributed by atoms with Gasteiger partial charge in [0.1, 0.15) is 11.0 Å². The molecule has 0 saturated heterocycles. The van der Waals surface area contributed by atoms with Crippen LogP contribution in [0.4, 0.5) is 21.3 Å². The summed E-state index contributed by atoms with van der Waals surface area (Å²) in [5.41, 5.74) is 2.82. The van der Waals surface area contributed by atoms with E-state index in [9.17, 15) is 14.4 Å². The molecule has 2 aromatic carbocycles. The zero-order valence-corrected chi connectivity index (χ0v) is 22.4. The molecule has 37 heavy (non-hydrogen) atoms. The van der Waals surface area contributed by atoms with Gasteiger partial charge in [0.05, 0.1) is 12.2 Å². The summed E-state index contributed by atoms with van der Waals surface area (Å²) in [5, 5.41) is 17.5. The summed E-state index contributed by atoms with van der Waals surface area (Å²) in [6, 6.07) is 12.9. The molecule has 3 amide bonds. The molecule has 0 spiro atoms. The summed E-state index contributed by atoms with van der Waals surface area (Å²) >= 11 is 1.26. The first-order valence-electron chi connectivity index (χ1n) is 12.0. The van der Waals surface area contributed by atoms with Crippen molar-refractivity contribution in [2.45, 2.75) is 33.2 Å². The van der Waals surface area contributed by atoms with Crippen LogP contribution < -0.4 is 20.9 Å². The van der Waals surface area contributed by atoms with Crippen molar-refractivity contribution in [3.63, 3.8) is 0 Å². The number of hydrogen-bond donors (Lipinski definition) is 3. The van der Waals surface area contributed by atoms with Crippen LogP contribution in [0.3, 0.4) is 0 Å². The highest BCUT2D eigenvalue weighted by Gasteiger charge is 2.27. The number of aromatic nitrogens is 2. The van der Waals surface area contributed by atoms with Gasteiger partial charge in [-0.15, -0.1) is 10.2 Å². The van der Waals surface area contributed by atoms with E-state index in [4.69, 9.17) is 4.74 Å². The number of nitrogens with one attached hydrogen (secondary N) is 3. The molecular formula is C26H32N6O4S. The van der Waals surface area contributed by atoms with Gasteiger partial charge in [-0.25, -0.2) is 9.59 Å². The van der Waals surface area contributed by atoms with Crippen molar-refractivity contribution in [2.75, 3.05) is 36.2 Å². The molecule has 3 N–H and O–H groups in total. The minimum atomic E-state index is -0.796. The number of amides is 3. The monoisotopic (exact) mass is 524 g/mol. The Balaban J connectivity index is 1.63. The number of carbonyl (C=O) groups is 3. The highest BCUT2D eigenvalue weighted by atomic mass is 32.1. The molecule has 1 aromatic heterocycles. The van der Waals surface area contributed by atoms with Crippen LogP contribution in [0.25, 0.3) is 10.6 Å². The third kappa shape index (κ3) is 7.50. The van der Waals surface area contributed by atoms with Crippen LogP contribution in [-0.2, 0) is 9.53 Å². The summed E-state index contributed by atoms with van der Waals surface area (Å²) in [4.78, 5) is 39.5. The lowest BCUT2D eigenvalue weighted by atomic mass is 9.98. The molecule has 0 fully saturated rings. The number of nitrogens with zero attached hydrogens (tertiary/aromatic N) is 3. The van der Waals surface area contributed by atoms with E-state index in [0.717, 1.165) is 11.3 Å². The second-order valence-corrected chi connectivity index (χ2v) is 9.58. The Kier molecular flexibility index (Phi) is 9.56. The third-order valence-corrected chi connectivity index (χ3v) is 6.61. The Morgan fingerprint density at radius 1 is 0.973 bits per heavy atom. The number of rotatable bonds is 10. The standard InChI is InChI=1S/C26H32N6O4S/c1-6-16(3)21(28-25(35)27-19-12-8-18(9-13-19)24(34)36-7-2)22(33)29-26-31-30-23(37-26)17-10-14-20(15-11-17)32(4)5/h8-16,21H,6-7H2,1-5H3,(H2,27,28,35)(H,29,31,33). The number of urea groups is 1. The first-order chi connectivity index (χ1) is 17.7. The van der Waals surface area contributed by atoms with Gasteiger partial charge < -0.3 is 20.3 Å². The molecular weight excluding hydrogens is 492 g/mol. The highest BCUT2D eigenvalue weighted by molar-refractivity contribution is 7.18. The average Bonchev–Trinajstić information content (AvgIpc) is 3.35. The Bertz CT molecular complexity index is 1210. The van der Waals surface area contributed by atoms with Gasteiger partial charge >= 0.3 is 12.0 Å². The van der Waals surface area contributed by atoms with Crippen molar-refractivity contribution in [2.24, 2.45) is 5.92 Å². The molecule has 11 heteroatoms. The number of hydrogen-bond acceptors (Lipinski definition) is 8. The smallest absolute Gasteiger partial charge is 0.338 e. The van der Waals surface area contributed by atoms with E-state index in [-0.39, 0.29) is 18.4 Å². The van der Waals surface area contributed by atoms with Crippen molar-refractivity contribution in [1.82, 2.24) is 15.5 Å². The predicted octanol–water partition coefficient (Wildman–Crippen LogP) is 4.62. The maximum atomic E-state index is 13.1. The lowest BCUT2D eigenvalue weighted by molar-refractivity contribution is -0.119. The highest BCUT2D eigenvalue weighted by Crippen LogP contribution is 2.28. The van der Waals surface area contributed by atoms with Crippen LogP contribution in [0.2, 0.25) is 0 Å². The predicted molar refractivity (Wildman–Crippen MR) is 146 cm³/mol. The van der Waals surface area contributed by atoms with Crippen LogP contribution in [0, 0.1) is 5.92 Å². The number of esters is 1. The van der Waals surface area contributed by atoms with E-state index in [2.05, 4.69) is 26.1 Å². The number of ether oxygens (including phenoxy) is 1. The van der Waals surface area contributed by atoms with E-state index in [1.807, 2.05) is 57.1 Å². The van der Waals surface area contributed by atoms with Gasteiger partial charge in [0, 0.05) is 31.0 Å². The molecule has 3 rings (SSSR count). The van der Waals surface area contributed by atoms with E-state index in [1.54, 1.807) is 31.2 Å². The topological polar surface area (TPSA) is 126 Å². The summed E-state index contributed by atoms with van der Waals surface area (Å²) in [7, 11) is 3.94. The van der Waals surface area contributed by atoms with Crippen molar-refractivity contribution >= 4 is 45.8 Å². The lowest BCUT2D eigenvalue weighted by Gasteiger charge is -2.23. The summed E-state index contributed by atoms with van der Waals surface area (Å²) in [6.07, 6.45) is 0.673. The van der Waals surface area contributed by atoms with Crippen molar-refractivity contribution in [3.05, 3.63) is 54.1 Å². The quantitative estimate of drug-likeness (QED) is 0.330. The van der Waals surface area contributed by atoms with E-state index < -0.39 is 18.0 Å². The lowest BCUT2D eigenvalue weighted by Crippen LogP contribution is -2.49. The van der Waals surface area contributed by atoms with Crippen LogP contribution in [-0.4, -0.2) is 54.8 Å². The molecule has 0 aliphatic rings. The first kappa shape index (κ1) is 27.6. The summed E-state index contributed by atoms with van der Waals surface area (Å²) < 4.78 is 4.96. The van der Waals surface area contributed by atoms with Crippen molar-refractivity contribution < 1.29 is 19.1 Å². The van der Waals surface area contributed by atoms with E-state index >= 15 is 0 Å². The Morgan fingerprint density at radius 3 is 2.24 bits per heavy atom. The van der Waals surface area contributed by atoms with Crippen LogP contribution in [0.15, 0.2) is 48.5 Å². The van der Waals surface area contributed by atoms with Crippen LogP contribution >= 0.6 is 11.3 Å². The third-order valence-electron chi connectivity index (χ3n) is 5.72. The number of anilines is 3. The fraction of sp³-hybridized carbons (Fsp3) is 0.346. The Hall–Kier alpha value is -3.99.